The van der Waals surface area contributed by atoms with Crippen LogP contribution in [0, 0.1) is 26.6 Å². The smallest absolute Gasteiger partial charge is 0.336 e. The van der Waals surface area contributed by atoms with Gasteiger partial charge in [-0.1, -0.05) is 11.6 Å². The first-order valence-corrected chi connectivity index (χ1v) is 11.9. The highest BCUT2D eigenvalue weighted by atomic mass is 35.5. The minimum Gasteiger partial charge on any atom is -0.478 e. The number of carbonyl (C=O) groups is 1. The maximum atomic E-state index is 13.4. The summed E-state index contributed by atoms with van der Waals surface area (Å²) in [5.74, 6) is -1.69. The second-order valence-electron chi connectivity index (χ2n) is 7.02. The molecular formula is C21H20ClFN2O4S2. The van der Waals surface area contributed by atoms with E-state index in [1.807, 2.05) is 6.92 Å². The Bertz CT molecular complexity index is 1270. The lowest BCUT2D eigenvalue weighted by Crippen LogP contribution is -2.26. The van der Waals surface area contributed by atoms with Gasteiger partial charge < -0.3 is 5.11 Å². The Balaban J connectivity index is 1.75. The molecule has 0 amide bonds. The molecule has 0 unspecified atom stereocenters. The molecule has 0 aliphatic rings. The van der Waals surface area contributed by atoms with E-state index in [0.717, 1.165) is 16.6 Å². The molecule has 1 heterocycles. The number of nitrogens with zero attached hydrogens (tertiary/aromatic N) is 1. The van der Waals surface area contributed by atoms with Gasteiger partial charge in [0.1, 0.15) is 10.8 Å². The second-order valence-corrected chi connectivity index (χ2v) is 10.4. The van der Waals surface area contributed by atoms with Crippen LogP contribution in [-0.2, 0) is 16.4 Å². The van der Waals surface area contributed by atoms with Gasteiger partial charge in [0.2, 0.25) is 10.0 Å². The molecule has 0 aliphatic heterocycles. The van der Waals surface area contributed by atoms with E-state index in [-0.39, 0.29) is 22.0 Å². The van der Waals surface area contributed by atoms with Crippen LogP contribution in [0.2, 0.25) is 5.02 Å². The van der Waals surface area contributed by atoms with Crippen molar-refractivity contribution in [3.8, 4) is 10.6 Å². The maximum absolute atomic E-state index is 13.4. The van der Waals surface area contributed by atoms with Crippen LogP contribution in [0.3, 0.4) is 0 Å². The van der Waals surface area contributed by atoms with E-state index in [2.05, 4.69) is 9.71 Å². The molecule has 1 aromatic heterocycles. The van der Waals surface area contributed by atoms with Crippen molar-refractivity contribution in [2.75, 3.05) is 6.54 Å². The molecule has 0 spiro atoms. The van der Waals surface area contributed by atoms with Gasteiger partial charge in [-0.25, -0.2) is 27.3 Å². The van der Waals surface area contributed by atoms with Crippen LogP contribution in [0.1, 0.15) is 32.1 Å². The van der Waals surface area contributed by atoms with Crippen molar-refractivity contribution < 1.29 is 22.7 Å². The Labute approximate surface area is 188 Å². The molecule has 0 saturated heterocycles. The number of aryl methyl sites for hydroxylation is 2. The highest BCUT2D eigenvalue weighted by molar-refractivity contribution is 7.89. The van der Waals surface area contributed by atoms with Crippen molar-refractivity contribution in [1.82, 2.24) is 9.71 Å². The number of hydrogen-bond donors (Lipinski definition) is 2. The van der Waals surface area contributed by atoms with Crippen LogP contribution in [0.15, 0.2) is 35.2 Å². The van der Waals surface area contributed by atoms with Gasteiger partial charge in [-0.3, -0.25) is 0 Å². The number of sulfonamides is 1. The van der Waals surface area contributed by atoms with Crippen molar-refractivity contribution in [2.24, 2.45) is 0 Å². The number of carboxylic acids is 1. The van der Waals surface area contributed by atoms with E-state index in [9.17, 15) is 22.7 Å². The first-order chi connectivity index (χ1) is 14.5. The molecule has 0 bridgehead atoms. The molecule has 2 aromatic carbocycles. The van der Waals surface area contributed by atoms with Crippen LogP contribution < -0.4 is 4.72 Å². The summed E-state index contributed by atoms with van der Waals surface area (Å²) in [4.78, 5) is 16.7. The standard InChI is InChI=1S/C21H20ClFN2O4S2/c1-11-8-15(10-16(12(11)2)21(26)27)31(28,29)24-7-6-19-13(3)30-20(25-19)14-4-5-18(23)17(22)9-14/h4-5,8-10,24H,6-7H2,1-3H3,(H,26,27). The average molecular weight is 483 g/mol. The summed E-state index contributed by atoms with van der Waals surface area (Å²) >= 11 is 7.25. The minimum atomic E-state index is -3.89. The molecule has 164 valence electrons. The molecule has 0 saturated carbocycles. The highest BCUT2D eigenvalue weighted by Crippen LogP contribution is 2.30. The minimum absolute atomic E-state index is 0.00813. The summed E-state index contributed by atoms with van der Waals surface area (Å²) in [6, 6.07) is 6.98. The lowest BCUT2D eigenvalue weighted by Gasteiger charge is -2.11. The van der Waals surface area contributed by atoms with Crippen molar-refractivity contribution in [3.63, 3.8) is 0 Å². The average Bonchev–Trinajstić information content (AvgIpc) is 3.06. The Kier molecular flexibility index (Phi) is 6.80. The van der Waals surface area contributed by atoms with E-state index in [1.165, 1.54) is 29.5 Å². The van der Waals surface area contributed by atoms with Gasteiger partial charge >= 0.3 is 5.97 Å². The summed E-state index contributed by atoms with van der Waals surface area (Å²) in [6.07, 6.45) is 0.340. The third kappa shape index (κ3) is 5.12. The highest BCUT2D eigenvalue weighted by Gasteiger charge is 2.20. The fourth-order valence-electron chi connectivity index (χ4n) is 3.00. The Morgan fingerprint density at radius 2 is 1.94 bits per heavy atom. The SMILES string of the molecule is Cc1cc(S(=O)(=O)NCCc2nc(-c3ccc(F)c(Cl)c3)sc2C)cc(C(=O)O)c1C. The molecule has 3 aromatic rings. The predicted molar refractivity (Wildman–Crippen MR) is 119 cm³/mol. The van der Waals surface area contributed by atoms with Gasteiger partial charge in [0, 0.05) is 23.4 Å². The number of hydrogen-bond acceptors (Lipinski definition) is 5. The summed E-state index contributed by atoms with van der Waals surface area (Å²) in [7, 11) is -3.89. The molecule has 0 radical (unpaired) electrons. The van der Waals surface area contributed by atoms with Crippen molar-refractivity contribution in [2.45, 2.75) is 32.1 Å². The molecule has 2 N–H and O–H groups in total. The molecule has 6 nitrogen and oxygen atoms in total. The number of aromatic nitrogens is 1. The summed E-state index contributed by atoms with van der Waals surface area (Å²) in [5, 5.41) is 9.99. The lowest BCUT2D eigenvalue weighted by atomic mass is 10.0. The quantitative estimate of drug-likeness (QED) is 0.506. The van der Waals surface area contributed by atoms with Crippen LogP contribution in [0.25, 0.3) is 10.6 Å². The van der Waals surface area contributed by atoms with E-state index < -0.39 is 21.8 Å². The molecule has 0 fully saturated rings. The lowest BCUT2D eigenvalue weighted by molar-refractivity contribution is 0.0695. The molecule has 0 aliphatic carbocycles. The zero-order valence-electron chi connectivity index (χ0n) is 17.0. The number of thiazole rings is 1. The fraction of sp³-hybridized carbons (Fsp3) is 0.238. The Morgan fingerprint density at radius 1 is 1.23 bits per heavy atom. The molecule has 10 heteroatoms. The molecule has 3 rings (SSSR count). The Hall–Kier alpha value is -2.33. The van der Waals surface area contributed by atoms with E-state index in [1.54, 1.807) is 19.9 Å². The van der Waals surface area contributed by atoms with Crippen LogP contribution >= 0.6 is 22.9 Å². The summed E-state index contributed by atoms with van der Waals surface area (Å²) < 4.78 is 41.2. The van der Waals surface area contributed by atoms with E-state index in [4.69, 9.17) is 11.6 Å². The predicted octanol–water partition coefficient (Wildman–Crippen LogP) is 4.75. The first-order valence-electron chi connectivity index (χ1n) is 9.25. The van der Waals surface area contributed by atoms with Gasteiger partial charge in [0.05, 0.1) is 21.2 Å². The van der Waals surface area contributed by atoms with E-state index >= 15 is 0 Å². The summed E-state index contributed by atoms with van der Waals surface area (Å²) in [6.45, 7) is 5.27. The third-order valence-electron chi connectivity index (χ3n) is 4.89. The van der Waals surface area contributed by atoms with Gasteiger partial charge in [0.25, 0.3) is 0 Å². The Morgan fingerprint density at radius 3 is 2.58 bits per heavy atom. The van der Waals surface area contributed by atoms with Crippen molar-refractivity contribution >= 4 is 38.9 Å². The topological polar surface area (TPSA) is 96.4 Å². The fourth-order valence-corrected chi connectivity index (χ4v) is 5.28. The molecular weight excluding hydrogens is 463 g/mol. The third-order valence-corrected chi connectivity index (χ3v) is 7.69. The number of carboxylic acid groups (broad SMARTS) is 1. The summed E-state index contributed by atoms with van der Waals surface area (Å²) in [5.41, 5.74) is 2.46. The molecule has 0 atom stereocenters. The van der Waals surface area contributed by atoms with Crippen molar-refractivity contribution in [1.29, 1.82) is 0 Å². The number of halogens is 2. The number of rotatable bonds is 7. The van der Waals surface area contributed by atoms with Gasteiger partial charge in [0.15, 0.2) is 0 Å². The van der Waals surface area contributed by atoms with Crippen LogP contribution in [0.5, 0.6) is 0 Å². The van der Waals surface area contributed by atoms with Crippen molar-refractivity contribution in [3.05, 3.63) is 68.4 Å². The first kappa shape index (κ1) is 23.3. The second kappa shape index (κ2) is 9.04. The van der Waals surface area contributed by atoms with Gasteiger partial charge in [-0.2, -0.15) is 0 Å². The molecule has 31 heavy (non-hydrogen) atoms. The monoisotopic (exact) mass is 482 g/mol. The van der Waals surface area contributed by atoms with Crippen LogP contribution in [0.4, 0.5) is 4.39 Å². The number of aromatic carboxylic acids is 1. The van der Waals surface area contributed by atoms with Gasteiger partial charge in [-0.15, -0.1) is 11.3 Å². The van der Waals surface area contributed by atoms with E-state index in [0.29, 0.717) is 28.1 Å². The van der Waals surface area contributed by atoms with Gasteiger partial charge in [-0.05, 0) is 62.2 Å². The zero-order valence-corrected chi connectivity index (χ0v) is 19.4. The number of nitrogens with one attached hydrogen (secondary N) is 1. The normalized spacial score (nSPS) is 11.6. The van der Waals surface area contributed by atoms with Crippen LogP contribution in [-0.4, -0.2) is 31.0 Å². The maximum Gasteiger partial charge on any atom is 0.336 e. The zero-order chi connectivity index (χ0) is 22.9. The largest absolute Gasteiger partial charge is 0.478 e. The number of benzene rings is 2.